The van der Waals surface area contributed by atoms with Crippen molar-refractivity contribution < 1.29 is 4.79 Å². The van der Waals surface area contributed by atoms with Crippen LogP contribution in [0.5, 0.6) is 0 Å². The van der Waals surface area contributed by atoms with Crippen molar-refractivity contribution in [1.29, 1.82) is 0 Å². The summed E-state index contributed by atoms with van der Waals surface area (Å²) in [4.78, 5) is 14.5. The number of hydrogen-bond acceptors (Lipinski definition) is 3. The number of nitrogens with zero attached hydrogens (tertiary/aromatic N) is 2. The van der Waals surface area contributed by atoms with Crippen LogP contribution in [0.1, 0.15) is 49.2 Å². The zero-order chi connectivity index (χ0) is 13.8. The molecule has 1 aromatic heterocycles. The average Bonchev–Trinajstić information content (AvgIpc) is 2.82. The second-order valence-corrected chi connectivity index (χ2v) is 5.61. The first-order valence-corrected chi connectivity index (χ1v) is 7.14. The second-order valence-electron chi connectivity index (χ2n) is 5.61. The van der Waals surface area contributed by atoms with E-state index >= 15 is 0 Å². The Morgan fingerprint density at radius 1 is 1.53 bits per heavy atom. The Bertz CT molecular complexity index is 421. The van der Waals surface area contributed by atoms with Crippen molar-refractivity contribution in [1.82, 2.24) is 20.4 Å². The van der Waals surface area contributed by atoms with Crippen LogP contribution in [0.15, 0.2) is 6.20 Å². The highest BCUT2D eigenvalue weighted by Crippen LogP contribution is 2.14. The van der Waals surface area contributed by atoms with Gasteiger partial charge in [0.15, 0.2) is 0 Å². The Kier molecular flexibility index (Phi) is 4.58. The smallest absolute Gasteiger partial charge is 0.257 e. The molecule has 0 radical (unpaired) electrons. The molecule has 5 heteroatoms. The lowest BCUT2D eigenvalue weighted by atomic mass is 10.0. The van der Waals surface area contributed by atoms with Gasteiger partial charge in [-0.05, 0) is 40.2 Å². The lowest BCUT2D eigenvalue weighted by molar-refractivity contribution is 0.0676. The van der Waals surface area contributed by atoms with Crippen LogP contribution in [0.2, 0.25) is 0 Å². The van der Waals surface area contributed by atoms with Crippen molar-refractivity contribution in [2.75, 3.05) is 13.1 Å². The molecule has 0 aromatic carbocycles. The third-order valence-corrected chi connectivity index (χ3v) is 3.77. The van der Waals surface area contributed by atoms with Gasteiger partial charge in [-0.1, -0.05) is 6.42 Å². The maximum absolute atomic E-state index is 12.6. The molecule has 2 N–H and O–H groups in total. The minimum Gasteiger partial charge on any atom is -0.335 e. The van der Waals surface area contributed by atoms with Gasteiger partial charge in [0.25, 0.3) is 5.91 Å². The zero-order valence-electron chi connectivity index (χ0n) is 12.1. The molecule has 1 unspecified atom stereocenters. The van der Waals surface area contributed by atoms with Gasteiger partial charge in [-0.2, -0.15) is 5.10 Å². The van der Waals surface area contributed by atoms with Gasteiger partial charge in [-0.25, -0.2) is 0 Å². The summed E-state index contributed by atoms with van der Waals surface area (Å²) >= 11 is 0. The zero-order valence-corrected chi connectivity index (χ0v) is 12.1. The average molecular weight is 264 g/mol. The van der Waals surface area contributed by atoms with Crippen LogP contribution in [-0.2, 0) is 0 Å². The summed E-state index contributed by atoms with van der Waals surface area (Å²) in [6.07, 6.45) is 5.28. The maximum Gasteiger partial charge on any atom is 0.257 e. The fourth-order valence-corrected chi connectivity index (χ4v) is 2.57. The number of H-pyrrole nitrogens is 1. The number of amides is 1. The fourth-order valence-electron chi connectivity index (χ4n) is 2.57. The van der Waals surface area contributed by atoms with E-state index in [2.05, 4.69) is 29.4 Å². The Morgan fingerprint density at radius 2 is 2.32 bits per heavy atom. The number of carbonyl (C=O) groups is 1. The summed E-state index contributed by atoms with van der Waals surface area (Å²) in [7, 11) is 0. The molecule has 2 heterocycles. The molecule has 106 valence electrons. The number of aromatic nitrogens is 2. The summed E-state index contributed by atoms with van der Waals surface area (Å²) in [5.74, 6) is 0.0774. The summed E-state index contributed by atoms with van der Waals surface area (Å²) in [6.45, 7) is 7.86. The van der Waals surface area contributed by atoms with Gasteiger partial charge in [0.2, 0.25) is 0 Å². The molecule has 0 saturated carbocycles. The molecule has 1 saturated heterocycles. The molecule has 0 aliphatic carbocycles. The topological polar surface area (TPSA) is 61.0 Å². The molecule has 1 aliphatic heterocycles. The van der Waals surface area contributed by atoms with E-state index in [1.165, 1.54) is 12.8 Å². The molecule has 19 heavy (non-hydrogen) atoms. The number of rotatable bonds is 4. The molecule has 5 nitrogen and oxygen atoms in total. The van der Waals surface area contributed by atoms with Gasteiger partial charge in [-0.15, -0.1) is 0 Å². The number of piperidine rings is 1. The van der Waals surface area contributed by atoms with Crippen molar-refractivity contribution in [3.63, 3.8) is 0 Å². The van der Waals surface area contributed by atoms with Crippen LogP contribution in [0.4, 0.5) is 0 Å². The Balaban J connectivity index is 2.07. The summed E-state index contributed by atoms with van der Waals surface area (Å²) in [5, 5.41) is 10.3. The van der Waals surface area contributed by atoms with E-state index < -0.39 is 0 Å². The Hall–Kier alpha value is -1.36. The van der Waals surface area contributed by atoms with Crippen LogP contribution in [0.25, 0.3) is 0 Å². The van der Waals surface area contributed by atoms with E-state index in [1.807, 2.05) is 11.8 Å². The SMILES string of the molecule is Cc1[nH]ncc1C(=O)N(CC1CCCCN1)C(C)C. The molecule has 1 amide bonds. The number of carbonyl (C=O) groups excluding carboxylic acids is 1. The minimum atomic E-state index is 0.0774. The summed E-state index contributed by atoms with van der Waals surface area (Å²) in [5.41, 5.74) is 1.52. The third kappa shape index (κ3) is 3.35. The quantitative estimate of drug-likeness (QED) is 0.870. The summed E-state index contributed by atoms with van der Waals surface area (Å²) < 4.78 is 0. The van der Waals surface area contributed by atoms with Gasteiger partial charge in [0.05, 0.1) is 11.8 Å². The molecule has 1 atom stereocenters. The summed E-state index contributed by atoms with van der Waals surface area (Å²) in [6, 6.07) is 0.623. The van der Waals surface area contributed by atoms with Crippen molar-refractivity contribution >= 4 is 5.91 Å². The Labute approximate surface area is 114 Å². The predicted molar refractivity (Wildman–Crippen MR) is 75.1 cm³/mol. The van der Waals surface area contributed by atoms with E-state index in [4.69, 9.17) is 0 Å². The first-order valence-electron chi connectivity index (χ1n) is 7.14. The third-order valence-electron chi connectivity index (χ3n) is 3.77. The van der Waals surface area contributed by atoms with Crippen LogP contribution in [-0.4, -0.2) is 46.2 Å². The van der Waals surface area contributed by atoms with E-state index in [9.17, 15) is 4.79 Å². The molecule has 1 aliphatic rings. The van der Waals surface area contributed by atoms with Crippen molar-refractivity contribution in [2.24, 2.45) is 0 Å². The maximum atomic E-state index is 12.6. The largest absolute Gasteiger partial charge is 0.335 e. The van der Waals surface area contributed by atoms with E-state index in [0.29, 0.717) is 11.6 Å². The van der Waals surface area contributed by atoms with Gasteiger partial charge in [-0.3, -0.25) is 9.89 Å². The van der Waals surface area contributed by atoms with E-state index in [0.717, 1.165) is 25.2 Å². The van der Waals surface area contributed by atoms with Crippen LogP contribution in [0, 0.1) is 6.92 Å². The van der Waals surface area contributed by atoms with Gasteiger partial charge in [0, 0.05) is 24.3 Å². The Morgan fingerprint density at radius 3 is 2.84 bits per heavy atom. The molecule has 1 aromatic rings. The number of aromatic amines is 1. The van der Waals surface area contributed by atoms with Gasteiger partial charge < -0.3 is 10.2 Å². The molecule has 0 bridgehead atoms. The molecule has 0 spiro atoms. The van der Waals surface area contributed by atoms with Crippen LogP contribution >= 0.6 is 0 Å². The lowest BCUT2D eigenvalue weighted by Gasteiger charge is -2.33. The molecular weight excluding hydrogens is 240 g/mol. The van der Waals surface area contributed by atoms with E-state index in [1.54, 1.807) is 6.20 Å². The van der Waals surface area contributed by atoms with Crippen molar-refractivity contribution in [2.45, 2.75) is 52.1 Å². The standard InChI is InChI=1S/C14H24N4O/c1-10(2)18(9-12-6-4-5-7-15-12)14(19)13-8-16-17-11(13)3/h8,10,12,15H,4-7,9H2,1-3H3,(H,16,17). The lowest BCUT2D eigenvalue weighted by Crippen LogP contribution is -2.48. The molecule has 2 rings (SSSR count). The predicted octanol–water partition coefficient (Wildman–Crippen LogP) is 1.71. The number of aryl methyl sites for hydroxylation is 1. The fraction of sp³-hybridized carbons (Fsp3) is 0.714. The highest BCUT2D eigenvalue weighted by Gasteiger charge is 2.25. The van der Waals surface area contributed by atoms with Crippen molar-refractivity contribution in [3.05, 3.63) is 17.5 Å². The first kappa shape index (κ1) is 14.1. The minimum absolute atomic E-state index is 0.0774. The normalized spacial score (nSPS) is 19.7. The molecule has 1 fully saturated rings. The number of hydrogen-bond donors (Lipinski definition) is 2. The molecular formula is C14H24N4O. The van der Waals surface area contributed by atoms with Crippen LogP contribution in [0.3, 0.4) is 0 Å². The first-order chi connectivity index (χ1) is 9.09. The van der Waals surface area contributed by atoms with Gasteiger partial charge in [0.1, 0.15) is 0 Å². The van der Waals surface area contributed by atoms with E-state index in [-0.39, 0.29) is 11.9 Å². The van der Waals surface area contributed by atoms with Gasteiger partial charge >= 0.3 is 0 Å². The monoisotopic (exact) mass is 264 g/mol. The van der Waals surface area contributed by atoms with Crippen LogP contribution < -0.4 is 5.32 Å². The second kappa shape index (κ2) is 6.19. The number of nitrogens with one attached hydrogen (secondary N) is 2. The van der Waals surface area contributed by atoms with Crippen molar-refractivity contribution in [3.8, 4) is 0 Å². The highest BCUT2D eigenvalue weighted by atomic mass is 16.2. The highest BCUT2D eigenvalue weighted by molar-refractivity contribution is 5.95.